The van der Waals surface area contributed by atoms with Crippen LogP contribution in [-0.2, 0) is 9.53 Å². The maximum Gasteiger partial charge on any atom is 0.237 e. The Morgan fingerprint density at radius 2 is 2.21 bits per heavy atom. The maximum atomic E-state index is 12.8. The molecule has 0 N–H and O–H groups in total. The number of hydrogen-bond acceptors (Lipinski definition) is 4. The molecular formula is C19H26N2O2S. The van der Waals surface area contributed by atoms with Crippen LogP contribution in [0.1, 0.15) is 37.0 Å². The van der Waals surface area contributed by atoms with Gasteiger partial charge in [0.25, 0.3) is 0 Å². The van der Waals surface area contributed by atoms with Gasteiger partial charge < -0.3 is 9.64 Å². The predicted molar refractivity (Wildman–Crippen MR) is 97.1 cm³/mol. The molecule has 0 bridgehead atoms. The van der Waals surface area contributed by atoms with Crippen molar-refractivity contribution in [1.29, 1.82) is 0 Å². The van der Waals surface area contributed by atoms with Crippen LogP contribution < -0.4 is 0 Å². The molecule has 130 valence electrons. The molecule has 3 aliphatic rings. The first-order chi connectivity index (χ1) is 11.8. The fourth-order valence-corrected chi connectivity index (χ4v) is 5.03. The topological polar surface area (TPSA) is 32.8 Å². The summed E-state index contributed by atoms with van der Waals surface area (Å²) >= 11 is 1.80. The van der Waals surface area contributed by atoms with Gasteiger partial charge in [0, 0.05) is 24.5 Å². The van der Waals surface area contributed by atoms with Gasteiger partial charge >= 0.3 is 0 Å². The molecule has 1 aliphatic carbocycles. The second-order valence-corrected chi connectivity index (χ2v) is 7.99. The Morgan fingerprint density at radius 1 is 1.29 bits per heavy atom. The molecule has 0 spiro atoms. The Bertz CT molecular complexity index is 597. The molecule has 1 aromatic heterocycles. The van der Waals surface area contributed by atoms with Crippen LogP contribution in [0.2, 0.25) is 0 Å². The first kappa shape index (κ1) is 16.3. The minimum atomic E-state index is 0.281. The van der Waals surface area contributed by atoms with E-state index in [-0.39, 0.29) is 6.10 Å². The van der Waals surface area contributed by atoms with Gasteiger partial charge in [-0.2, -0.15) is 0 Å². The van der Waals surface area contributed by atoms with Crippen LogP contribution in [0, 0.1) is 0 Å². The predicted octanol–water partition coefficient (Wildman–Crippen LogP) is 3.01. The third kappa shape index (κ3) is 3.44. The lowest BCUT2D eigenvalue weighted by Gasteiger charge is -2.44. The zero-order valence-electron chi connectivity index (χ0n) is 14.2. The van der Waals surface area contributed by atoms with Crippen molar-refractivity contribution in [3.63, 3.8) is 0 Å². The van der Waals surface area contributed by atoms with Gasteiger partial charge in [0.2, 0.25) is 5.91 Å². The molecule has 1 saturated heterocycles. The van der Waals surface area contributed by atoms with E-state index in [2.05, 4.69) is 33.4 Å². The molecule has 2 aliphatic heterocycles. The molecule has 1 amide bonds. The number of morpholine rings is 1. The molecule has 24 heavy (non-hydrogen) atoms. The molecule has 3 heterocycles. The zero-order valence-corrected chi connectivity index (χ0v) is 15.0. The highest BCUT2D eigenvalue weighted by molar-refractivity contribution is 7.11. The monoisotopic (exact) mass is 346 g/mol. The van der Waals surface area contributed by atoms with Crippen molar-refractivity contribution in [2.45, 2.75) is 44.2 Å². The van der Waals surface area contributed by atoms with Gasteiger partial charge in [-0.15, -0.1) is 11.3 Å². The highest BCUT2D eigenvalue weighted by atomic mass is 32.1. The van der Waals surface area contributed by atoms with E-state index in [1.54, 1.807) is 11.3 Å². The van der Waals surface area contributed by atoms with Crippen molar-refractivity contribution < 1.29 is 9.53 Å². The number of hydrogen-bond donors (Lipinski definition) is 0. The lowest BCUT2D eigenvalue weighted by Crippen LogP contribution is -2.56. The number of nitrogens with zero attached hydrogens (tertiary/aromatic N) is 2. The molecule has 1 aromatic rings. The molecule has 1 saturated carbocycles. The molecule has 5 heteroatoms. The number of rotatable bonds is 3. The quantitative estimate of drug-likeness (QED) is 0.843. The fraction of sp³-hybridized carbons (Fsp3) is 0.632. The third-order valence-corrected chi connectivity index (χ3v) is 6.49. The molecule has 4 rings (SSSR count). The summed E-state index contributed by atoms with van der Waals surface area (Å²) in [5, 5.41) is 2.13. The standard InChI is InChI=1S/C19H26N2O2S/c22-19(21-11-12-23-17-5-2-1-4-16(17)21)14-20-9-7-15(8-10-20)18-6-3-13-24-18/h3,6-7,13,16-17H,1-2,4-5,8-12,14H2/t16-,17-/m0/s1. The third-order valence-electron chi connectivity index (χ3n) is 5.54. The smallest absolute Gasteiger partial charge is 0.237 e. The molecule has 4 nitrogen and oxygen atoms in total. The van der Waals surface area contributed by atoms with E-state index >= 15 is 0 Å². The number of fused-ring (bicyclic) bond motifs is 1. The molecule has 0 aromatic carbocycles. The molecular weight excluding hydrogens is 320 g/mol. The fourth-order valence-electron chi connectivity index (χ4n) is 4.23. The van der Waals surface area contributed by atoms with E-state index in [9.17, 15) is 4.79 Å². The van der Waals surface area contributed by atoms with Gasteiger partial charge in [0.15, 0.2) is 0 Å². The molecule has 0 radical (unpaired) electrons. The van der Waals surface area contributed by atoms with E-state index in [1.807, 2.05) is 0 Å². The van der Waals surface area contributed by atoms with Crippen molar-refractivity contribution in [3.8, 4) is 0 Å². The van der Waals surface area contributed by atoms with Crippen molar-refractivity contribution in [2.24, 2.45) is 0 Å². The second kappa shape index (κ2) is 7.38. The van der Waals surface area contributed by atoms with Crippen molar-refractivity contribution in [1.82, 2.24) is 9.80 Å². The van der Waals surface area contributed by atoms with Crippen LogP contribution in [0.5, 0.6) is 0 Å². The van der Waals surface area contributed by atoms with E-state index in [0.29, 0.717) is 25.1 Å². The highest BCUT2D eigenvalue weighted by Gasteiger charge is 2.36. The van der Waals surface area contributed by atoms with Crippen LogP contribution in [0.25, 0.3) is 5.57 Å². The van der Waals surface area contributed by atoms with Gasteiger partial charge in [-0.3, -0.25) is 9.69 Å². The maximum absolute atomic E-state index is 12.8. The second-order valence-electron chi connectivity index (χ2n) is 7.04. The first-order valence-electron chi connectivity index (χ1n) is 9.17. The summed E-state index contributed by atoms with van der Waals surface area (Å²) in [6.45, 7) is 3.89. The van der Waals surface area contributed by atoms with Crippen LogP contribution in [0.15, 0.2) is 23.6 Å². The number of carbonyl (C=O) groups is 1. The number of ether oxygens (including phenoxy) is 1. The van der Waals surface area contributed by atoms with E-state index in [0.717, 1.165) is 38.9 Å². The summed E-state index contributed by atoms with van der Waals surface area (Å²) in [6.07, 6.45) is 8.32. The van der Waals surface area contributed by atoms with Gasteiger partial charge in [0.1, 0.15) is 0 Å². The van der Waals surface area contributed by atoms with Gasteiger partial charge in [-0.25, -0.2) is 0 Å². The first-order valence-corrected chi connectivity index (χ1v) is 10.1. The average Bonchev–Trinajstić information content (AvgIpc) is 3.16. The minimum absolute atomic E-state index is 0.281. The zero-order chi connectivity index (χ0) is 16.4. The van der Waals surface area contributed by atoms with Crippen molar-refractivity contribution in [2.75, 3.05) is 32.8 Å². The van der Waals surface area contributed by atoms with E-state index in [4.69, 9.17) is 4.74 Å². The minimum Gasteiger partial charge on any atom is -0.374 e. The molecule has 0 unspecified atom stereocenters. The summed E-state index contributed by atoms with van der Waals surface area (Å²) in [7, 11) is 0. The number of amides is 1. The highest BCUT2D eigenvalue weighted by Crippen LogP contribution is 2.29. The Morgan fingerprint density at radius 3 is 3.00 bits per heavy atom. The van der Waals surface area contributed by atoms with Gasteiger partial charge in [-0.05, 0) is 36.3 Å². The summed E-state index contributed by atoms with van der Waals surface area (Å²) in [6, 6.07) is 4.62. The van der Waals surface area contributed by atoms with Gasteiger partial charge in [-0.1, -0.05) is 25.0 Å². The average molecular weight is 346 g/mol. The molecule has 2 atom stereocenters. The van der Waals surface area contributed by atoms with Gasteiger partial charge in [0.05, 0.1) is 25.3 Å². The van der Waals surface area contributed by atoms with Crippen LogP contribution >= 0.6 is 11.3 Å². The number of thiophene rings is 1. The largest absolute Gasteiger partial charge is 0.374 e. The Balaban J connectivity index is 1.35. The summed E-state index contributed by atoms with van der Waals surface area (Å²) in [4.78, 5) is 18.6. The lowest BCUT2D eigenvalue weighted by molar-refractivity contribution is -0.150. The van der Waals surface area contributed by atoms with Crippen LogP contribution in [0.3, 0.4) is 0 Å². The van der Waals surface area contributed by atoms with Crippen molar-refractivity contribution >= 4 is 22.8 Å². The van der Waals surface area contributed by atoms with E-state index < -0.39 is 0 Å². The summed E-state index contributed by atoms with van der Waals surface area (Å²) in [5.74, 6) is 0.295. The number of carbonyl (C=O) groups excluding carboxylic acids is 1. The van der Waals surface area contributed by atoms with E-state index in [1.165, 1.54) is 23.3 Å². The summed E-state index contributed by atoms with van der Waals surface area (Å²) in [5.41, 5.74) is 1.44. The molecule has 2 fully saturated rings. The Hall–Kier alpha value is -1.17. The normalized spacial score (nSPS) is 28.3. The SMILES string of the molecule is O=C(CN1CC=C(c2cccs2)CC1)N1CCO[C@H]2CCCC[C@@H]21. The summed E-state index contributed by atoms with van der Waals surface area (Å²) < 4.78 is 5.89. The Labute approximate surface area is 148 Å². The van der Waals surface area contributed by atoms with Crippen LogP contribution in [0.4, 0.5) is 0 Å². The van der Waals surface area contributed by atoms with Crippen molar-refractivity contribution in [3.05, 3.63) is 28.5 Å². The van der Waals surface area contributed by atoms with Crippen LogP contribution in [-0.4, -0.2) is 60.6 Å². The lowest BCUT2D eigenvalue weighted by atomic mass is 9.90. The Kier molecular flexibility index (Phi) is 5.01.